The van der Waals surface area contributed by atoms with Gasteiger partial charge in [0.05, 0.1) is 11.3 Å². The molecule has 0 saturated heterocycles. The maximum atomic E-state index is 10.9. The minimum absolute atomic E-state index is 0.103. The number of hydrogen-bond donors (Lipinski definition) is 1. The van der Waals surface area contributed by atoms with E-state index in [2.05, 4.69) is 0 Å². The van der Waals surface area contributed by atoms with Crippen LogP contribution in [0.15, 0.2) is 18.2 Å². The number of carboxylic acids is 1. The van der Waals surface area contributed by atoms with Crippen molar-refractivity contribution in [3.8, 4) is 5.75 Å². The van der Waals surface area contributed by atoms with Gasteiger partial charge in [-0.05, 0) is 25.0 Å². The Morgan fingerprint density at radius 1 is 1.56 bits per heavy atom. The number of nitro benzene ring substituents is 1. The molecule has 0 saturated carbocycles. The smallest absolute Gasteiger partial charge is 0.311 e. The van der Waals surface area contributed by atoms with Crippen molar-refractivity contribution in [2.75, 3.05) is 0 Å². The van der Waals surface area contributed by atoms with Gasteiger partial charge in [0, 0.05) is 6.07 Å². The number of carbonyl (C=O) groups is 1. The van der Waals surface area contributed by atoms with Crippen LogP contribution >= 0.6 is 0 Å². The van der Waals surface area contributed by atoms with Crippen LogP contribution in [-0.2, 0) is 11.2 Å². The zero-order valence-electron chi connectivity index (χ0n) is 10.3. The average molecular weight is 253 g/mol. The van der Waals surface area contributed by atoms with Crippen LogP contribution in [0.25, 0.3) is 0 Å². The van der Waals surface area contributed by atoms with Gasteiger partial charge in [0.15, 0.2) is 5.75 Å². The molecule has 1 aromatic carbocycles. The summed E-state index contributed by atoms with van der Waals surface area (Å²) in [6, 6.07) is 4.69. The van der Waals surface area contributed by atoms with Gasteiger partial charge < -0.3 is 9.84 Å². The van der Waals surface area contributed by atoms with Crippen molar-refractivity contribution in [1.82, 2.24) is 0 Å². The van der Waals surface area contributed by atoms with E-state index >= 15 is 0 Å². The Morgan fingerprint density at radius 3 is 2.72 bits per heavy atom. The van der Waals surface area contributed by atoms with E-state index in [9.17, 15) is 14.9 Å². The molecule has 0 unspecified atom stereocenters. The lowest BCUT2D eigenvalue weighted by Crippen LogP contribution is -2.17. The summed E-state index contributed by atoms with van der Waals surface area (Å²) in [7, 11) is 0. The summed E-state index contributed by atoms with van der Waals surface area (Å²) in [5.41, 5.74) is 0.700. The minimum Gasteiger partial charge on any atom is -0.483 e. The van der Waals surface area contributed by atoms with Crippen LogP contribution in [0.2, 0.25) is 0 Å². The summed E-state index contributed by atoms with van der Waals surface area (Å²) in [6.07, 6.45) is -0.132. The number of nitro groups is 1. The maximum absolute atomic E-state index is 10.9. The first-order chi connectivity index (χ1) is 8.43. The maximum Gasteiger partial charge on any atom is 0.311 e. The van der Waals surface area contributed by atoms with Crippen molar-refractivity contribution >= 4 is 11.7 Å². The Balaban J connectivity index is 2.94. The first-order valence-corrected chi connectivity index (χ1v) is 5.59. The molecule has 1 aromatic rings. The van der Waals surface area contributed by atoms with Crippen molar-refractivity contribution in [3.63, 3.8) is 0 Å². The molecular formula is C12H15NO5. The topological polar surface area (TPSA) is 89.7 Å². The third-order valence-corrected chi connectivity index (χ3v) is 2.42. The normalized spacial score (nSPS) is 11.9. The molecule has 0 amide bonds. The van der Waals surface area contributed by atoms with E-state index in [1.807, 2.05) is 6.92 Å². The molecule has 0 aliphatic carbocycles. The van der Waals surface area contributed by atoms with Crippen LogP contribution in [0.1, 0.15) is 25.8 Å². The van der Waals surface area contributed by atoms with Gasteiger partial charge in [-0.1, -0.05) is 13.0 Å². The van der Waals surface area contributed by atoms with Gasteiger partial charge >= 0.3 is 11.7 Å². The molecule has 6 heteroatoms. The van der Waals surface area contributed by atoms with Crippen LogP contribution in [0, 0.1) is 10.1 Å². The average Bonchev–Trinajstić information content (AvgIpc) is 2.28. The van der Waals surface area contributed by atoms with E-state index in [-0.39, 0.29) is 17.9 Å². The Bertz CT molecular complexity index is 458. The highest BCUT2D eigenvalue weighted by Crippen LogP contribution is 2.29. The molecule has 6 nitrogen and oxygen atoms in total. The molecular weight excluding hydrogens is 238 g/mol. The fourth-order valence-electron chi connectivity index (χ4n) is 1.53. The van der Waals surface area contributed by atoms with Crippen LogP contribution in [0.3, 0.4) is 0 Å². The molecule has 1 rings (SSSR count). The number of benzene rings is 1. The van der Waals surface area contributed by atoms with Gasteiger partial charge in [-0.3, -0.25) is 14.9 Å². The van der Waals surface area contributed by atoms with E-state index in [1.54, 1.807) is 13.0 Å². The highest BCUT2D eigenvalue weighted by atomic mass is 16.6. The molecule has 0 radical (unpaired) electrons. The summed E-state index contributed by atoms with van der Waals surface area (Å²) in [6.45, 7) is 3.46. The lowest BCUT2D eigenvalue weighted by Gasteiger charge is -2.13. The molecule has 98 valence electrons. The molecule has 1 N–H and O–H groups in total. The highest BCUT2D eigenvalue weighted by molar-refractivity contribution is 5.67. The second-order valence-electron chi connectivity index (χ2n) is 3.94. The van der Waals surface area contributed by atoms with Crippen LogP contribution in [0.5, 0.6) is 5.75 Å². The standard InChI is InChI=1S/C12H15NO5/c1-3-9-4-5-11(10(7-9)13(16)17)18-8(2)6-12(14)15/h4-5,7-8H,3,6H2,1-2H3,(H,14,15)/t8-/m0/s1. The van der Waals surface area contributed by atoms with E-state index < -0.39 is 17.0 Å². The highest BCUT2D eigenvalue weighted by Gasteiger charge is 2.18. The van der Waals surface area contributed by atoms with E-state index in [1.165, 1.54) is 12.1 Å². The van der Waals surface area contributed by atoms with Crippen LogP contribution in [-0.4, -0.2) is 22.1 Å². The van der Waals surface area contributed by atoms with Crippen molar-refractivity contribution in [2.24, 2.45) is 0 Å². The van der Waals surface area contributed by atoms with Crippen molar-refractivity contribution in [3.05, 3.63) is 33.9 Å². The zero-order valence-corrected chi connectivity index (χ0v) is 10.3. The number of aliphatic carboxylic acids is 1. The van der Waals surface area contributed by atoms with Gasteiger partial charge in [0.1, 0.15) is 6.10 Å². The van der Waals surface area contributed by atoms with E-state index in [0.29, 0.717) is 6.42 Å². The predicted molar refractivity (Wildman–Crippen MR) is 64.8 cm³/mol. The van der Waals surface area contributed by atoms with Crippen molar-refractivity contribution in [1.29, 1.82) is 0 Å². The number of ether oxygens (including phenoxy) is 1. The Hall–Kier alpha value is -2.11. The fourth-order valence-corrected chi connectivity index (χ4v) is 1.53. The number of nitrogens with zero attached hydrogens (tertiary/aromatic N) is 1. The third kappa shape index (κ3) is 3.73. The van der Waals surface area contributed by atoms with Gasteiger partial charge in [-0.15, -0.1) is 0 Å². The Morgan fingerprint density at radius 2 is 2.22 bits per heavy atom. The summed E-state index contributed by atoms with van der Waals surface area (Å²) >= 11 is 0. The second kappa shape index (κ2) is 6.00. The second-order valence-corrected chi connectivity index (χ2v) is 3.94. The summed E-state index contributed by atoms with van der Waals surface area (Å²) in [5, 5.41) is 19.5. The molecule has 0 fully saturated rings. The Kier molecular flexibility index (Phi) is 4.65. The monoisotopic (exact) mass is 253 g/mol. The van der Waals surface area contributed by atoms with E-state index in [0.717, 1.165) is 5.56 Å². The Labute approximate surface area is 104 Å². The van der Waals surface area contributed by atoms with Gasteiger partial charge in [-0.25, -0.2) is 0 Å². The molecule has 0 aliphatic heterocycles. The number of carboxylic acid groups (broad SMARTS) is 1. The van der Waals surface area contributed by atoms with Crippen molar-refractivity contribution < 1.29 is 19.6 Å². The van der Waals surface area contributed by atoms with Gasteiger partial charge in [0.25, 0.3) is 0 Å². The number of aryl methyl sites for hydroxylation is 1. The largest absolute Gasteiger partial charge is 0.483 e. The number of hydrogen-bond acceptors (Lipinski definition) is 4. The predicted octanol–water partition coefficient (Wildman–Crippen LogP) is 2.40. The molecule has 18 heavy (non-hydrogen) atoms. The zero-order chi connectivity index (χ0) is 13.7. The SMILES string of the molecule is CCc1ccc(O[C@@H](C)CC(=O)O)c([N+](=O)[O-])c1. The van der Waals surface area contributed by atoms with Crippen molar-refractivity contribution in [2.45, 2.75) is 32.8 Å². The lowest BCUT2D eigenvalue weighted by atomic mass is 10.1. The van der Waals surface area contributed by atoms with Gasteiger partial charge in [0.2, 0.25) is 0 Å². The third-order valence-electron chi connectivity index (χ3n) is 2.42. The van der Waals surface area contributed by atoms with E-state index in [4.69, 9.17) is 9.84 Å². The first-order valence-electron chi connectivity index (χ1n) is 5.59. The molecule has 0 heterocycles. The molecule has 0 bridgehead atoms. The van der Waals surface area contributed by atoms with Crippen LogP contribution < -0.4 is 4.74 Å². The summed E-state index contributed by atoms with van der Waals surface area (Å²) in [4.78, 5) is 20.9. The molecule has 0 aliphatic rings. The fraction of sp³-hybridized carbons (Fsp3) is 0.417. The van der Waals surface area contributed by atoms with Crippen LogP contribution in [0.4, 0.5) is 5.69 Å². The molecule has 0 aromatic heterocycles. The first kappa shape index (κ1) is 14.0. The summed E-state index contributed by atoms with van der Waals surface area (Å²) < 4.78 is 5.29. The quantitative estimate of drug-likeness (QED) is 0.621. The molecule has 0 spiro atoms. The number of rotatable bonds is 6. The van der Waals surface area contributed by atoms with Gasteiger partial charge in [-0.2, -0.15) is 0 Å². The molecule has 1 atom stereocenters. The minimum atomic E-state index is -1.00. The summed E-state index contributed by atoms with van der Waals surface area (Å²) in [5.74, 6) is -0.902. The lowest BCUT2D eigenvalue weighted by molar-refractivity contribution is -0.386.